The number of hydrogen-bond donors (Lipinski definition) is 1. The Morgan fingerprint density at radius 3 is 2.82 bits per heavy atom. The van der Waals surface area contributed by atoms with E-state index < -0.39 is 17.7 Å². The van der Waals surface area contributed by atoms with Gasteiger partial charge in [-0.15, -0.1) is 5.10 Å². The Morgan fingerprint density at radius 1 is 1.12 bits per heavy atom. The fourth-order valence-corrected chi connectivity index (χ4v) is 4.30. The third-order valence-corrected chi connectivity index (χ3v) is 6.04. The second-order valence-corrected chi connectivity index (χ2v) is 8.22. The van der Waals surface area contributed by atoms with Crippen LogP contribution in [0.3, 0.4) is 0 Å². The van der Waals surface area contributed by atoms with Gasteiger partial charge in [-0.25, -0.2) is 23.4 Å². The lowest BCUT2D eigenvalue weighted by Crippen LogP contribution is -2.24. The molecule has 33 heavy (non-hydrogen) atoms. The number of benzene rings is 2. The van der Waals surface area contributed by atoms with Crippen LogP contribution in [0, 0.1) is 25.5 Å². The number of rotatable bonds is 3. The third kappa shape index (κ3) is 3.23. The molecule has 0 spiro atoms. The second-order valence-electron chi connectivity index (χ2n) is 8.22. The molecular formula is C24H20F2N6O. The topological polar surface area (TPSA) is 73.5 Å². The van der Waals surface area contributed by atoms with Gasteiger partial charge < -0.3 is 14.3 Å². The van der Waals surface area contributed by atoms with Crippen LogP contribution in [0.5, 0.6) is 0 Å². The van der Waals surface area contributed by atoms with Crippen molar-refractivity contribution in [1.29, 1.82) is 0 Å². The lowest BCUT2D eigenvalue weighted by atomic mass is 10.0. The number of nitrogens with zero attached hydrogens (tertiary/aromatic N) is 5. The van der Waals surface area contributed by atoms with Crippen LogP contribution < -0.4 is 0 Å². The van der Waals surface area contributed by atoms with Crippen LogP contribution >= 0.6 is 0 Å². The van der Waals surface area contributed by atoms with Crippen LogP contribution in [0.2, 0.25) is 0 Å². The van der Waals surface area contributed by atoms with Gasteiger partial charge >= 0.3 is 0 Å². The summed E-state index contributed by atoms with van der Waals surface area (Å²) in [5.74, 6) is -0.652. The molecule has 0 saturated heterocycles. The van der Waals surface area contributed by atoms with E-state index in [1.807, 2.05) is 35.9 Å². The summed E-state index contributed by atoms with van der Waals surface area (Å²) in [4.78, 5) is 12.4. The third-order valence-electron chi connectivity index (χ3n) is 6.04. The molecule has 0 fully saturated rings. The molecule has 166 valence electrons. The molecule has 7 nitrogen and oxygen atoms in total. The predicted molar refractivity (Wildman–Crippen MR) is 118 cm³/mol. The molecule has 1 unspecified atom stereocenters. The number of ether oxygens (including phenoxy) is 1. The van der Waals surface area contributed by atoms with E-state index in [-0.39, 0.29) is 5.56 Å². The Balaban J connectivity index is 1.39. The Hall–Kier alpha value is -3.85. The van der Waals surface area contributed by atoms with Gasteiger partial charge in [-0.2, -0.15) is 0 Å². The van der Waals surface area contributed by atoms with E-state index in [2.05, 4.69) is 21.1 Å². The number of aryl methyl sites for hydroxylation is 1. The zero-order chi connectivity index (χ0) is 22.7. The average molecular weight is 446 g/mol. The molecule has 5 aromatic rings. The number of aromatic nitrogens is 6. The van der Waals surface area contributed by atoms with Crippen molar-refractivity contribution in [3.8, 4) is 17.2 Å². The minimum absolute atomic E-state index is 0.214. The minimum atomic E-state index is -0.877. The zero-order valence-corrected chi connectivity index (χ0v) is 18.0. The number of H-pyrrole nitrogens is 1. The van der Waals surface area contributed by atoms with E-state index in [1.165, 1.54) is 0 Å². The molecule has 6 rings (SSSR count). The molecule has 2 aromatic carbocycles. The maximum atomic E-state index is 14.2. The first-order chi connectivity index (χ1) is 16.0. The van der Waals surface area contributed by atoms with Crippen molar-refractivity contribution in [3.05, 3.63) is 83.2 Å². The molecule has 1 N–H and O–H groups in total. The van der Waals surface area contributed by atoms with Crippen LogP contribution in [-0.2, 0) is 11.3 Å². The molecule has 1 atom stereocenters. The lowest BCUT2D eigenvalue weighted by molar-refractivity contribution is 0.0383. The molecule has 3 aromatic heterocycles. The van der Waals surface area contributed by atoms with Crippen molar-refractivity contribution in [1.82, 2.24) is 29.3 Å². The number of halogens is 2. The van der Waals surface area contributed by atoms with Crippen LogP contribution in [0.1, 0.15) is 28.7 Å². The summed E-state index contributed by atoms with van der Waals surface area (Å²) in [5.41, 5.74) is 4.45. The van der Waals surface area contributed by atoms with Gasteiger partial charge in [0.1, 0.15) is 6.10 Å². The Bertz CT molecular complexity index is 1510. The predicted octanol–water partition coefficient (Wildman–Crippen LogP) is 4.63. The fourth-order valence-electron chi connectivity index (χ4n) is 4.30. The SMILES string of the molecule is Cc1cn(-c2ccc3[nH]c(-c4nc5n(n4)CCOC5c4ccc(F)c(F)c4C)cc3c2)cn1. The van der Waals surface area contributed by atoms with Gasteiger partial charge in [0.25, 0.3) is 0 Å². The van der Waals surface area contributed by atoms with Crippen LogP contribution in [-0.4, -0.2) is 35.9 Å². The van der Waals surface area contributed by atoms with Crippen molar-refractivity contribution >= 4 is 10.9 Å². The first kappa shape index (κ1) is 19.8. The highest BCUT2D eigenvalue weighted by Crippen LogP contribution is 2.33. The van der Waals surface area contributed by atoms with Crippen molar-refractivity contribution in [2.75, 3.05) is 6.61 Å². The number of aromatic amines is 1. The molecule has 0 saturated carbocycles. The van der Waals surface area contributed by atoms with Crippen molar-refractivity contribution < 1.29 is 13.5 Å². The average Bonchev–Trinajstić information content (AvgIpc) is 3.54. The molecular weight excluding hydrogens is 426 g/mol. The Morgan fingerprint density at radius 2 is 2.00 bits per heavy atom. The van der Waals surface area contributed by atoms with E-state index in [1.54, 1.807) is 24.0 Å². The minimum Gasteiger partial charge on any atom is -0.364 e. The van der Waals surface area contributed by atoms with Gasteiger partial charge in [0.15, 0.2) is 23.3 Å². The highest BCUT2D eigenvalue weighted by molar-refractivity contribution is 5.86. The summed E-state index contributed by atoms with van der Waals surface area (Å²) in [6, 6.07) is 10.8. The van der Waals surface area contributed by atoms with Gasteiger partial charge in [0, 0.05) is 22.8 Å². The Kier molecular flexibility index (Phi) is 4.41. The summed E-state index contributed by atoms with van der Waals surface area (Å²) in [5, 5.41) is 5.68. The molecule has 1 aliphatic heterocycles. The summed E-state index contributed by atoms with van der Waals surface area (Å²) in [7, 11) is 0. The largest absolute Gasteiger partial charge is 0.364 e. The number of hydrogen-bond acceptors (Lipinski definition) is 4. The normalized spacial score (nSPS) is 15.8. The second kappa shape index (κ2) is 7.35. The van der Waals surface area contributed by atoms with Crippen LogP contribution in [0.4, 0.5) is 8.78 Å². The summed E-state index contributed by atoms with van der Waals surface area (Å²) < 4.78 is 37.5. The van der Waals surface area contributed by atoms with Gasteiger partial charge in [-0.05, 0) is 55.3 Å². The number of nitrogens with one attached hydrogen (secondary N) is 1. The zero-order valence-electron chi connectivity index (χ0n) is 18.0. The highest BCUT2D eigenvalue weighted by Gasteiger charge is 2.29. The van der Waals surface area contributed by atoms with E-state index in [4.69, 9.17) is 9.72 Å². The molecule has 0 bridgehead atoms. The van der Waals surface area contributed by atoms with E-state index in [9.17, 15) is 8.78 Å². The van der Waals surface area contributed by atoms with Gasteiger partial charge in [0.05, 0.1) is 30.9 Å². The fraction of sp³-hybridized carbons (Fsp3) is 0.208. The lowest BCUT2D eigenvalue weighted by Gasteiger charge is -2.24. The molecule has 0 amide bonds. The number of fused-ring (bicyclic) bond motifs is 2. The molecule has 0 aliphatic carbocycles. The Labute approximate surface area is 187 Å². The monoisotopic (exact) mass is 446 g/mol. The van der Waals surface area contributed by atoms with Crippen molar-refractivity contribution in [3.63, 3.8) is 0 Å². The van der Waals surface area contributed by atoms with Crippen molar-refractivity contribution in [2.24, 2.45) is 0 Å². The van der Waals surface area contributed by atoms with Crippen LogP contribution in [0.25, 0.3) is 28.1 Å². The number of imidazole rings is 1. The molecule has 4 heterocycles. The summed E-state index contributed by atoms with van der Waals surface area (Å²) in [6.07, 6.45) is 3.14. The highest BCUT2D eigenvalue weighted by atomic mass is 19.2. The maximum absolute atomic E-state index is 14.2. The van der Waals surface area contributed by atoms with Gasteiger partial charge in [-0.1, -0.05) is 6.07 Å². The van der Waals surface area contributed by atoms with Crippen LogP contribution in [0.15, 0.2) is 48.9 Å². The molecule has 9 heteroatoms. The quantitative estimate of drug-likeness (QED) is 0.439. The molecule has 0 radical (unpaired) electrons. The first-order valence-corrected chi connectivity index (χ1v) is 10.6. The van der Waals surface area contributed by atoms with E-state index in [0.717, 1.165) is 34.0 Å². The smallest absolute Gasteiger partial charge is 0.197 e. The standard InChI is InChI=1S/C24H20F2N6O/c1-13-11-31(12-27-13)16-3-6-19-15(9-16)10-20(28-19)23-29-24-22(33-8-7-32(24)30-23)17-4-5-18(25)21(26)14(17)2/h3-6,9-12,22,28H,7-8H2,1-2H3. The summed E-state index contributed by atoms with van der Waals surface area (Å²) in [6.45, 7) is 4.43. The molecule has 1 aliphatic rings. The van der Waals surface area contributed by atoms with Gasteiger partial charge in [-0.3, -0.25) is 0 Å². The van der Waals surface area contributed by atoms with E-state index in [0.29, 0.717) is 30.4 Å². The maximum Gasteiger partial charge on any atom is 0.197 e. The summed E-state index contributed by atoms with van der Waals surface area (Å²) >= 11 is 0. The van der Waals surface area contributed by atoms with E-state index >= 15 is 0 Å². The van der Waals surface area contributed by atoms with Gasteiger partial charge in [0.2, 0.25) is 0 Å². The van der Waals surface area contributed by atoms with Crippen molar-refractivity contribution in [2.45, 2.75) is 26.5 Å². The first-order valence-electron chi connectivity index (χ1n) is 10.6.